The van der Waals surface area contributed by atoms with Gasteiger partial charge in [-0.05, 0) is 58.3 Å². The van der Waals surface area contributed by atoms with E-state index in [4.69, 9.17) is 0 Å². The van der Waals surface area contributed by atoms with Gasteiger partial charge in [0.25, 0.3) is 0 Å². The molecular weight excluding hydrogens is 316 g/mol. The molecule has 0 fully saturated rings. The summed E-state index contributed by atoms with van der Waals surface area (Å²) >= 11 is 0. The fourth-order valence-electron chi connectivity index (χ4n) is 2.32. The standard InChI is InChI=1S/C18H26N6O/c1-13-20-17(19-10-5-11-24(3)4)12-18(21-13)23-16-8-6-15(7-9-16)22-14(2)25/h6-9,12H,5,10-11H2,1-4H3,(H,22,25)(H2,19,20,21,23). The summed E-state index contributed by atoms with van der Waals surface area (Å²) in [6.45, 7) is 5.25. The molecule has 0 saturated heterocycles. The van der Waals surface area contributed by atoms with E-state index in [1.165, 1.54) is 6.92 Å². The molecule has 134 valence electrons. The predicted molar refractivity (Wildman–Crippen MR) is 102 cm³/mol. The van der Waals surface area contributed by atoms with E-state index in [-0.39, 0.29) is 5.91 Å². The second-order valence-electron chi connectivity index (χ2n) is 6.15. The van der Waals surface area contributed by atoms with Crippen LogP contribution >= 0.6 is 0 Å². The molecule has 0 saturated carbocycles. The van der Waals surface area contributed by atoms with Gasteiger partial charge in [0.2, 0.25) is 5.91 Å². The molecular formula is C18H26N6O. The van der Waals surface area contributed by atoms with Crippen LogP contribution in [0.4, 0.5) is 23.0 Å². The largest absolute Gasteiger partial charge is 0.370 e. The van der Waals surface area contributed by atoms with Crippen molar-refractivity contribution in [2.45, 2.75) is 20.3 Å². The van der Waals surface area contributed by atoms with Gasteiger partial charge in [-0.2, -0.15) is 0 Å². The summed E-state index contributed by atoms with van der Waals surface area (Å²) in [4.78, 5) is 22.0. The van der Waals surface area contributed by atoms with Gasteiger partial charge in [0.1, 0.15) is 17.5 Å². The Morgan fingerprint density at radius 2 is 1.72 bits per heavy atom. The highest BCUT2D eigenvalue weighted by molar-refractivity contribution is 5.88. The SMILES string of the molecule is CC(=O)Nc1ccc(Nc2cc(NCCCN(C)C)nc(C)n2)cc1. The van der Waals surface area contributed by atoms with Gasteiger partial charge in [-0.1, -0.05) is 0 Å². The van der Waals surface area contributed by atoms with Crippen LogP contribution in [0.2, 0.25) is 0 Å². The van der Waals surface area contributed by atoms with Gasteiger partial charge in [-0.25, -0.2) is 9.97 Å². The fourth-order valence-corrected chi connectivity index (χ4v) is 2.32. The highest BCUT2D eigenvalue weighted by atomic mass is 16.1. The second kappa shape index (κ2) is 8.98. The summed E-state index contributed by atoms with van der Waals surface area (Å²) in [5, 5.41) is 9.34. The molecule has 0 atom stereocenters. The van der Waals surface area contributed by atoms with Gasteiger partial charge in [0.15, 0.2) is 0 Å². The van der Waals surface area contributed by atoms with Crippen LogP contribution in [0.3, 0.4) is 0 Å². The van der Waals surface area contributed by atoms with Crippen molar-refractivity contribution in [3.05, 3.63) is 36.2 Å². The number of carbonyl (C=O) groups excluding carboxylic acids is 1. The van der Waals surface area contributed by atoms with E-state index < -0.39 is 0 Å². The Kier molecular flexibility index (Phi) is 6.71. The maximum absolute atomic E-state index is 11.1. The lowest BCUT2D eigenvalue weighted by molar-refractivity contribution is -0.114. The van der Waals surface area contributed by atoms with Gasteiger partial charge in [-0.15, -0.1) is 0 Å². The number of nitrogens with one attached hydrogen (secondary N) is 3. The van der Waals surface area contributed by atoms with Crippen molar-refractivity contribution >= 4 is 28.9 Å². The molecule has 1 amide bonds. The number of hydrogen-bond acceptors (Lipinski definition) is 6. The zero-order valence-corrected chi connectivity index (χ0v) is 15.3. The Balaban J connectivity index is 1.98. The summed E-state index contributed by atoms with van der Waals surface area (Å²) in [6, 6.07) is 9.38. The van der Waals surface area contributed by atoms with Gasteiger partial charge in [0.05, 0.1) is 0 Å². The molecule has 1 heterocycles. The van der Waals surface area contributed by atoms with Gasteiger partial charge >= 0.3 is 0 Å². The molecule has 0 unspecified atom stereocenters. The molecule has 0 aliphatic rings. The van der Waals surface area contributed by atoms with Crippen molar-refractivity contribution in [2.75, 3.05) is 43.1 Å². The minimum absolute atomic E-state index is 0.0860. The van der Waals surface area contributed by atoms with Gasteiger partial charge < -0.3 is 20.9 Å². The number of carbonyl (C=O) groups is 1. The molecule has 1 aromatic heterocycles. The van der Waals surface area contributed by atoms with Crippen molar-refractivity contribution in [2.24, 2.45) is 0 Å². The first kappa shape index (κ1) is 18.7. The molecule has 0 radical (unpaired) electrons. The number of rotatable bonds is 8. The Morgan fingerprint density at radius 1 is 1.08 bits per heavy atom. The third-order valence-electron chi connectivity index (χ3n) is 3.40. The van der Waals surface area contributed by atoms with Crippen molar-refractivity contribution in [1.82, 2.24) is 14.9 Å². The van der Waals surface area contributed by atoms with Crippen LogP contribution < -0.4 is 16.0 Å². The molecule has 0 spiro atoms. The lowest BCUT2D eigenvalue weighted by atomic mass is 10.2. The second-order valence-corrected chi connectivity index (χ2v) is 6.15. The molecule has 1 aromatic carbocycles. The van der Waals surface area contributed by atoms with Crippen LogP contribution in [0, 0.1) is 6.92 Å². The van der Waals surface area contributed by atoms with E-state index in [2.05, 4.69) is 44.9 Å². The number of nitrogens with zero attached hydrogens (tertiary/aromatic N) is 3. The van der Waals surface area contributed by atoms with Crippen LogP contribution in [0.5, 0.6) is 0 Å². The molecule has 0 bridgehead atoms. The Bertz CT molecular complexity index is 699. The summed E-state index contributed by atoms with van der Waals surface area (Å²) in [6.07, 6.45) is 1.05. The minimum Gasteiger partial charge on any atom is -0.370 e. The lowest BCUT2D eigenvalue weighted by Gasteiger charge is -2.12. The number of aryl methyl sites for hydroxylation is 1. The molecule has 7 nitrogen and oxygen atoms in total. The Hall–Kier alpha value is -2.67. The zero-order chi connectivity index (χ0) is 18.2. The third-order valence-corrected chi connectivity index (χ3v) is 3.40. The summed E-state index contributed by atoms with van der Waals surface area (Å²) in [5.74, 6) is 2.16. The first-order valence-corrected chi connectivity index (χ1v) is 8.31. The van der Waals surface area contributed by atoms with E-state index in [9.17, 15) is 4.79 Å². The normalized spacial score (nSPS) is 10.6. The lowest BCUT2D eigenvalue weighted by Crippen LogP contribution is -2.16. The van der Waals surface area contributed by atoms with Crippen LogP contribution in [0.15, 0.2) is 30.3 Å². The van der Waals surface area contributed by atoms with Crippen LogP contribution in [-0.2, 0) is 4.79 Å². The maximum atomic E-state index is 11.1. The van der Waals surface area contributed by atoms with Crippen LogP contribution in [0.1, 0.15) is 19.2 Å². The fraction of sp³-hybridized carbons (Fsp3) is 0.389. The number of amides is 1. The van der Waals surface area contributed by atoms with Crippen LogP contribution in [-0.4, -0.2) is 48.0 Å². The minimum atomic E-state index is -0.0860. The molecule has 25 heavy (non-hydrogen) atoms. The number of benzene rings is 1. The highest BCUT2D eigenvalue weighted by Gasteiger charge is 2.03. The van der Waals surface area contributed by atoms with Crippen molar-refractivity contribution in [1.29, 1.82) is 0 Å². The van der Waals surface area contributed by atoms with E-state index in [1.54, 1.807) is 0 Å². The van der Waals surface area contributed by atoms with Gasteiger partial charge in [-0.3, -0.25) is 4.79 Å². The number of aromatic nitrogens is 2. The molecule has 7 heteroatoms. The van der Waals surface area contributed by atoms with E-state index in [0.717, 1.165) is 42.5 Å². The van der Waals surface area contributed by atoms with Crippen LogP contribution in [0.25, 0.3) is 0 Å². The molecule has 2 rings (SSSR count). The van der Waals surface area contributed by atoms with Crippen molar-refractivity contribution in [3.63, 3.8) is 0 Å². The Morgan fingerprint density at radius 3 is 2.36 bits per heavy atom. The third kappa shape index (κ3) is 6.76. The van der Waals surface area contributed by atoms with Crippen molar-refractivity contribution < 1.29 is 4.79 Å². The smallest absolute Gasteiger partial charge is 0.221 e. The van der Waals surface area contributed by atoms with E-state index >= 15 is 0 Å². The summed E-state index contributed by atoms with van der Waals surface area (Å²) in [7, 11) is 4.13. The first-order chi connectivity index (χ1) is 11.9. The number of hydrogen-bond donors (Lipinski definition) is 3. The molecule has 2 aromatic rings. The average Bonchev–Trinajstić information content (AvgIpc) is 2.52. The monoisotopic (exact) mass is 342 g/mol. The molecule has 0 aliphatic carbocycles. The first-order valence-electron chi connectivity index (χ1n) is 8.31. The summed E-state index contributed by atoms with van der Waals surface area (Å²) < 4.78 is 0. The predicted octanol–water partition coefficient (Wildman–Crippen LogP) is 2.85. The highest BCUT2D eigenvalue weighted by Crippen LogP contribution is 2.19. The number of anilines is 4. The zero-order valence-electron chi connectivity index (χ0n) is 15.3. The van der Waals surface area contributed by atoms with Gasteiger partial charge in [0, 0.05) is 30.9 Å². The Labute approximate surface area is 148 Å². The average molecular weight is 342 g/mol. The topological polar surface area (TPSA) is 82.2 Å². The quantitative estimate of drug-likeness (QED) is 0.640. The van der Waals surface area contributed by atoms with E-state index in [1.807, 2.05) is 37.3 Å². The molecule has 3 N–H and O–H groups in total. The van der Waals surface area contributed by atoms with E-state index in [0.29, 0.717) is 5.82 Å². The summed E-state index contributed by atoms with van der Waals surface area (Å²) in [5.41, 5.74) is 1.66. The molecule has 0 aliphatic heterocycles. The maximum Gasteiger partial charge on any atom is 0.221 e. The van der Waals surface area contributed by atoms with Crippen molar-refractivity contribution in [3.8, 4) is 0 Å².